The number of hydrogen-bond donors (Lipinski definition) is 1. The van der Waals surface area contributed by atoms with Crippen molar-refractivity contribution in [1.82, 2.24) is 14.9 Å². The highest BCUT2D eigenvalue weighted by Crippen LogP contribution is 2.28. The van der Waals surface area contributed by atoms with Crippen LogP contribution in [-0.2, 0) is 6.42 Å². The fourth-order valence-corrected chi connectivity index (χ4v) is 3.83. The lowest BCUT2D eigenvalue weighted by molar-refractivity contribution is 0.104. The first-order chi connectivity index (χ1) is 9.42. The number of nitrogens with one attached hydrogen (secondary N) is 1. The minimum Gasteiger partial charge on any atom is -0.348 e. The normalized spacial score (nSPS) is 21.5. The molecule has 3 nitrogen and oxygen atoms in total. The van der Waals surface area contributed by atoms with E-state index in [1.807, 2.05) is 6.20 Å². The van der Waals surface area contributed by atoms with Crippen molar-refractivity contribution >= 4 is 34.0 Å². The second kappa shape index (κ2) is 10.0. The van der Waals surface area contributed by atoms with Crippen molar-refractivity contribution in [2.45, 2.75) is 63.8 Å². The largest absolute Gasteiger partial charge is 0.348 e. The van der Waals surface area contributed by atoms with Gasteiger partial charge in [0, 0.05) is 17.9 Å². The van der Waals surface area contributed by atoms with Crippen molar-refractivity contribution in [1.29, 1.82) is 0 Å². The zero-order valence-corrected chi connectivity index (χ0v) is 16.2. The molecule has 122 valence electrons. The third-order valence-electron chi connectivity index (χ3n) is 5.12. The third kappa shape index (κ3) is 5.68. The van der Waals surface area contributed by atoms with Crippen LogP contribution in [0.25, 0.3) is 0 Å². The van der Waals surface area contributed by atoms with Gasteiger partial charge in [0.05, 0.1) is 6.33 Å². The number of H-pyrrole nitrogens is 1. The second-order valence-corrected chi connectivity index (χ2v) is 6.39. The number of imidazole rings is 1. The zero-order valence-electron chi connectivity index (χ0n) is 12.8. The van der Waals surface area contributed by atoms with E-state index >= 15 is 0 Å². The highest BCUT2D eigenvalue weighted by atomic mass is 79.9. The van der Waals surface area contributed by atoms with Crippen molar-refractivity contribution in [2.24, 2.45) is 5.92 Å². The molecule has 1 N–H and O–H groups in total. The molecule has 0 aromatic carbocycles. The summed E-state index contributed by atoms with van der Waals surface area (Å²) < 4.78 is 0. The van der Waals surface area contributed by atoms with E-state index in [9.17, 15) is 0 Å². The lowest BCUT2D eigenvalue weighted by atomic mass is 9.88. The first-order valence-electron chi connectivity index (χ1n) is 8.13. The highest BCUT2D eigenvalue weighted by molar-refractivity contribution is 8.93. The van der Waals surface area contributed by atoms with Crippen LogP contribution in [0.1, 0.15) is 57.1 Å². The molecule has 2 heterocycles. The molecular formula is C16H29Br2N3. The van der Waals surface area contributed by atoms with E-state index in [-0.39, 0.29) is 34.0 Å². The van der Waals surface area contributed by atoms with Gasteiger partial charge >= 0.3 is 0 Å². The van der Waals surface area contributed by atoms with Crippen molar-refractivity contribution in [3.63, 3.8) is 0 Å². The Morgan fingerprint density at radius 2 is 1.76 bits per heavy atom. The molecule has 0 radical (unpaired) electrons. The van der Waals surface area contributed by atoms with Crippen molar-refractivity contribution in [3.8, 4) is 0 Å². The van der Waals surface area contributed by atoms with E-state index in [0.29, 0.717) is 0 Å². The highest BCUT2D eigenvalue weighted by Gasteiger charge is 2.25. The quantitative estimate of drug-likeness (QED) is 0.771. The number of piperidine rings is 1. The predicted octanol–water partition coefficient (Wildman–Crippen LogP) is 4.54. The molecule has 1 aromatic rings. The van der Waals surface area contributed by atoms with Crippen LogP contribution in [0.4, 0.5) is 0 Å². The number of hydrogen-bond acceptors (Lipinski definition) is 2. The maximum Gasteiger partial charge on any atom is 0.0921 e. The van der Waals surface area contributed by atoms with Crippen LogP contribution < -0.4 is 0 Å². The van der Waals surface area contributed by atoms with E-state index in [1.54, 1.807) is 6.33 Å². The molecule has 5 heteroatoms. The Kier molecular flexibility index (Phi) is 9.14. The van der Waals surface area contributed by atoms with Gasteiger partial charge in [-0.2, -0.15) is 0 Å². The number of aromatic amines is 1. The topological polar surface area (TPSA) is 31.9 Å². The molecule has 1 aromatic heterocycles. The van der Waals surface area contributed by atoms with Gasteiger partial charge < -0.3 is 9.88 Å². The van der Waals surface area contributed by atoms with Gasteiger partial charge in [-0.05, 0) is 57.5 Å². The van der Waals surface area contributed by atoms with Gasteiger partial charge in [-0.15, -0.1) is 34.0 Å². The minimum absolute atomic E-state index is 0. The maximum absolute atomic E-state index is 4.10. The summed E-state index contributed by atoms with van der Waals surface area (Å²) in [5.74, 6) is 0.933. The Labute approximate surface area is 149 Å². The summed E-state index contributed by atoms with van der Waals surface area (Å²) in [7, 11) is 0. The lowest BCUT2D eigenvalue weighted by Gasteiger charge is -2.39. The zero-order chi connectivity index (χ0) is 12.9. The standard InChI is InChI=1S/C16H27N3.2BrH/c1-2-4-16(5-3-1)19-10-8-14(9-11-19)6-7-15-12-17-13-18-15;;/h12-14,16H,1-11H2,(H,17,18);2*1H. The summed E-state index contributed by atoms with van der Waals surface area (Å²) >= 11 is 0. The first kappa shape index (κ1) is 19.2. The molecule has 0 unspecified atom stereocenters. The van der Waals surface area contributed by atoms with Crippen molar-refractivity contribution < 1.29 is 0 Å². The molecule has 0 spiro atoms. The molecular weight excluding hydrogens is 394 g/mol. The number of aromatic nitrogens is 2. The Hall–Kier alpha value is 0.130. The van der Waals surface area contributed by atoms with E-state index in [2.05, 4.69) is 14.9 Å². The summed E-state index contributed by atoms with van der Waals surface area (Å²) in [6.07, 6.45) is 16.4. The molecule has 21 heavy (non-hydrogen) atoms. The molecule has 0 bridgehead atoms. The number of nitrogens with zero attached hydrogens (tertiary/aromatic N) is 2. The summed E-state index contributed by atoms with van der Waals surface area (Å²) in [6, 6.07) is 0.919. The Bertz CT molecular complexity index is 356. The number of halogens is 2. The summed E-state index contributed by atoms with van der Waals surface area (Å²) in [6.45, 7) is 2.69. The van der Waals surface area contributed by atoms with Gasteiger partial charge in [-0.1, -0.05) is 19.3 Å². The Balaban J connectivity index is 0.00000110. The summed E-state index contributed by atoms with van der Waals surface area (Å²) in [5, 5.41) is 0. The smallest absolute Gasteiger partial charge is 0.0921 e. The molecule has 2 fully saturated rings. The maximum atomic E-state index is 4.10. The van der Waals surface area contributed by atoms with E-state index in [1.165, 1.54) is 76.6 Å². The molecule has 2 aliphatic rings. The number of rotatable bonds is 4. The number of likely N-dealkylation sites (tertiary alicyclic amines) is 1. The molecule has 1 aliphatic carbocycles. The van der Waals surface area contributed by atoms with Gasteiger partial charge in [-0.25, -0.2) is 4.98 Å². The van der Waals surface area contributed by atoms with Gasteiger partial charge in [0.15, 0.2) is 0 Å². The van der Waals surface area contributed by atoms with E-state index in [0.717, 1.165) is 12.0 Å². The van der Waals surface area contributed by atoms with Crippen molar-refractivity contribution in [3.05, 3.63) is 18.2 Å². The fourth-order valence-electron chi connectivity index (χ4n) is 3.83. The summed E-state index contributed by atoms with van der Waals surface area (Å²) in [5.41, 5.74) is 1.30. The Morgan fingerprint density at radius 1 is 1.05 bits per heavy atom. The third-order valence-corrected chi connectivity index (χ3v) is 5.12. The minimum atomic E-state index is 0. The van der Waals surface area contributed by atoms with Gasteiger partial charge in [0.25, 0.3) is 0 Å². The van der Waals surface area contributed by atoms with Gasteiger partial charge in [0.1, 0.15) is 0 Å². The van der Waals surface area contributed by atoms with E-state index < -0.39 is 0 Å². The molecule has 0 amide bonds. The van der Waals surface area contributed by atoms with Crippen LogP contribution in [0.2, 0.25) is 0 Å². The number of aryl methyl sites for hydroxylation is 1. The molecule has 1 saturated heterocycles. The van der Waals surface area contributed by atoms with Crippen LogP contribution in [0, 0.1) is 5.92 Å². The van der Waals surface area contributed by atoms with Crippen molar-refractivity contribution in [2.75, 3.05) is 13.1 Å². The Morgan fingerprint density at radius 3 is 2.38 bits per heavy atom. The lowest BCUT2D eigenvalue weighted by Crippen LogP contribution is -2.42. The van der Waals surface area contributed by atoms with Crippen LogP contribution in [0.3, 0.4) is 0 Å². The molecule has 0 atom stereocenters. The molecule has 1 aliphatic heterocycles. The van der Waals surface area contributed by atoms with Gasteiger partial charge in [-0.3, -0.25) is 0 Å². The fraction of sp³-hybridized carbons (Fsp3) is 0.812. The molecule has 3 rings (SSSR count). The predicted molar refractivity (Wildman–Crippen MR) is 98.7 cm³/mol. The van der Waals surface area contributed by atoms with Crippen LogP contribution in [0.15, 0.2) is 12.5 Å². The first-order valence-corrected chi connectivity index (χ1v) is 8.13. The average Bonchev–Trinajstić information content (AvgIpc) is 3.00. The van der Waals surface area contributed by atoms with Crippen LogP contribution in [0.5, 0.6) is 0 Å². The van der Waals surface area contributed by atoms with E-state index in [4.69, 9.17) is 0 Å². The summed E-state index contributed by atoms with van der Waals surface area (Å²) in [4.78, 5) is 10.1. The monoisotopic (exact) mass is 421 g/mol. The second-order valence-electron chi connectivity index (χ2n) is 6.39. The van der Waals surface area contributed by atoms with Crippen LogP contribution in [-0.4, -0.2) is 34.0 Å². The average molecular weight is 423 g/mol. The SMILES string of the molecule is Br.Br.c1ncc(CCC2CCN(C3CCCCC3)CC2)[nH]1. The molecule has 1 saturated carbocycles. The van der Waals surface area contributed by atoms with Gasteiger partial charge in [0.2, 0.25) is 0 Å². The van der Waals surface area contributed by atoms with Crippen LogP contribution >= 0.6 is 34.0 Å².